The number of aliphatic carboxylic acids is 1. The zero-order chi connectivity index (χ0) is 29.0. The van der Waals surface area contributed by atoms with E-state index in [0.717, 1.165) is 5.56 Å². The quantitative estimate of drug-likeness (QED) is 0.340. The number of nitrogens with zero attached hydrogens (tertiary/aromatic N) is 2. The highest BCUT2D eigenvalue weighted by atomic mass is 35.5. The first-order valence-corrected chi connectivity index (χ1v) is 15.4. The van der Waals surface area contributed by atoms with E-state index in [1.807, 2.05) is 24.8 Å². The molecule has 2 aromatic rings. The predicted molar refractivity (Wildman–Crippen MR) is 149 cm³/mol. The van der Waals surface area contributed by atoms with Gasteiger partial charge in [-0.3, -0.25) is 9.69 Å². The van der Waals surface area contributed by atoms with Crippen molar-refractivity contribution in [3.8, 4) is 17.2 Å². The van der Waals surface area contributed by atoms with E-state index < -0.39 is 39.7 Å². The summed E-state index contributed by atoms with van der Waals surface area (Å²) in [6, 6.07) is 9.12. The summed E-state index contributed by atoms with van der Waals surface area (Å²) in [7, 11) is -2.21. The van der Waals surface area contributed by atoms with Crippen LogP contribution in [0.3, 0.4) is 0 Å². The van der Waals surface area contributed by atoms with E-state index in [1.165, 1.54) is 23.5 Å². The second kappa shape index (κ2) is 12.9. The van der Waals surface area contributed by atoms with E-state index in [4.69, 9.17) is 25.8 Å². The molecule has 2 aliphatic heterocycles. The van der Waals surface area contributed by atoms with Crippen LogP contribution in [0.4, 0.5) is 4.39 Å². The third kappa shape index (κ3) is 6.64. The van der Waals surface area contributed by atoms with Gasteiger partial charge in [0.2, 0.25) is 16.8 Å². The minimum atomic E-state index is -3.57. The lowest BCUT2D eigenvalue weighted by Crippen LogP contribution is -2.42. The Morgan fingerprint density at radius 3 is 2.58 bits per heavy atom. The van der Waals surface area contributed by atoms with Gasteiger partial charge in [-0.25, -0.2) is 17.1 Å². The molecule has 0 amide bonds. The van der Waals surface area contributed by atoms with Crippen LogP contribution in [0.2, 0.25) is 0 Å². The molecule has 3 atom stereocenters. The fourth-order valence-electron chi connectivity index (χ4n) is 5.56. The number of carbonyl (C=O) groups is 1. The Hall–Kier alpha value is -2.60. The molecule has 220 valence electrons. The monoisotopic (exact) mass is 598 g/mol. The Bertz CT molecular complexity index is 1310. The fraction of sp³-hybridized carbons (Fsp3) is 0.536. The number of carboxylic acid groups (broad SMARTS) is 1. The SMILES string of the molecule is COc1ccc([C@@H]2[C@@H](C(=O)O)C(c3ccc4c(c3)OCO4)CN2CCN(CC(C)C)S(=O)(=O)CCCCl)cc1F. The van der Waals surface area contributed by atoms with Crippen molar-refractivity contribution in [1.29, 1.82) is 0 Å². The third-order valence-corrected chi connectivity index (χ3v) is 9.55. The molecule has 1 saturated heterocycles. The number of rotatable bonds is 13. The fourth-order valence-corrected chi connectivity index (χ4v) is 7.51. The summed E-state index contributed by atoms with van der Waals surface area (Å²) in [4.78, 5) is 14.7. The first kappa shape index (κ1) is 30.4. The maximum absolute atomic E-state index is 14.8. The van der Waals surface area contributed by atoms with Crippen LogP contribution in [0.1, 0.15) is 43.4 Å². The smallest absolute Gasteiger partial charge is 0.309 e. The second-order valence-electron chi connectivity index (χ2n) is 10.5. The van der Waals surface area contributed by atoms with E-state index in [9.17, 15) is 22.7 Å². The molecule has 4 rings (SSSR count). The molecule has 0 saturated carbocycles. The van der Waals surface area contributed by atoms with Crippen LogP contribution in [0.15, 0.2) is 36.4 Å². The van der Waals surface area contributed by atoms with Crippen molar-refractivity contribution in [2.24, 2.45) is 11.8 Å². The van der Waals surface area contributed by atoms with Crippen molar-refractivity contribution in [3.05, 3.63) is 53.3 Å². The number of alkyl halides is 1. The number of ether oxygens (including phenoxy) is 3. The maximum Gasteiger partial charge on any atom is 0.309 e. The van der Waals surface area contributed by atoms with Crippen molar-refractivity contribution in [3.63, 3.8) is 0 Å². The standard InChI is InChI=1S/C28H36ClFN2O7S/c1-18(2)15-32(40(35,36)12-4-9-29)11-10-31-16-21(19-5-8-24-25(14-19)39-17-38-24)26(28(33)34)27(31)20-6-7-23(37-3)22(30)13-20/h5-8,13-14,18,21,26-27H,4,9-12,15-17H2,1-3H3,(H,33,34)/t21?,26-,27+/m0/s1. The lowest BCUT2D eigenvalue weighted by atomic mass is 9.82. The Balaban J connectivity index is 1.70. The van der Waals surface area contributed by atoms with Crippen molar-refractivity contribution < 1.29 is 36.9 Å². The van der Waals surface area contributed by atoms with Gasteiger partial charge in [-0.05, 0) is 47.7 Å². The Labute approximate surface area is 239 Å². The Morgan fingerprint density at radius 1 is 1.20 bits per heavy atom. The summed E-state index contributed by atoms with van der Waals surface area (Å²) in [5.41, 5.74) is 1.24. The molecular formula is C28H36ClFN2O7S. The van der Waals surface area contributed by atoms with E-state index in [2.05, 4.69) is 0 Å². The van der Waals surface area contributed by atoms with Crippen LogP contribution in [0, 0.1) is 17.7 Å². The zero-order valence-electron chi connectivity index (χ0n) is 22.9. The molecular weight excluding hydrogens is 563 g/mol. The molecule has 1 unspecified atom stereocenters. The number of likely N-dealkylation sites (tertiary alicyclic amines) is 1. The normalized spacial score (nSPS) is 20.9. The average molecular weight is 599 g/mol. The topological polar surface area (TPSA) is 106 Å². The second-order valence-corrected chi connectivity index (χ2v) is 13.0. The van der Waals surface area contributed by atoms with Crippen molar-refractivity contribution in [1.82, 2.24) is 9.21 Å². The molecule has 0 aliphatic carbocycles. The Morgan fingerprint density at radius 2 is 1.93 bits per heavy atom. The van der Waals surface area contributed by atoms with Crippen molar-refractivity contribution in [2.75, 3.05) is 51.7 Å². The summed E-state index contributed by atoms with van der Waals surface area (Å²) >= 11 is 5.77. The van der Waals surface area contributed by atoms with Gasteiger partial charge >= 0.3 is 5.97 Å². The van der Waals surface area contributed by atoms with E-state index >= 15 is 0 Å². The molecule has 0 bridgehead atoms. The highest BCUT2D eigenvalue weighted by molar-refractivity contribution is 7.89. The van der Waals surface area contributed by atoms with Crippen molar-refractivity contribution >= 4 is 27.6 Å². The van der Waals surface area contributed by atoms with Gasteiger partial charge in [0.1, 0.15) is 0 Å². The molecule has 0 radical (unpaired) electrons. The number of hydrogen-bond donors (Lipinski definition) is 1. The molecule has 0 aromatic heterocycles. The Kier molecular flexibility index (Phi) is 9.81. The number of carboxylic acids is 1. The van der Waals surface area contributed by atoms with Crippen LogP contribution in [0.25, 0.3) is 0 Å². The summed E-state index contributed by atoms with van der Waals surface area (Å²) < 4.78 is 58.6. The summed E-state index contributed by atoms with van der Waals surface area (Å²) in [5.74, 6) is -1.57. The molecule has 1 N–H and O–H groups in total. The van der Waals surface area contributed by atoms with Gasteiger partial charge in [0, 0.05) is 44.0 Å². The number of methoxy groups -OCH3 is 1. The number of fused-ring (bicyclic) bond motifs is 1. The number of halogens is 2. The summed E-state index contributed by atoms with van der Waals surface area (Å²) in [5, 5.41) is 10.5. The molecule has 9 nitrogen and oxygen atoms in total. The van der Waals surface area contributed by atoms with Crippen LogP contribution in [0.5, 0.6) is 17.2 Å². The van der Waals surface area contributed by atoms with Crippen LogP contribution >= 0.6 is 11.6 Å². The van der Waals surface area contributed by atoms with Gasteiger partial charge in [0.05, 0.1) is 18.8 Å². The minimum Gasteiger partial charge on any atom is -0.494 e. The van der Waals surface area contributed by atoms with Gasteiger partial charge in [-0.2, -0.15) is 0 Å². The van der Waals surface area contributed by atoms with Crippen LogP contribution in [-0.2, 0) is 14.8 Å². The first-order valence-electron chi connectivity index (χ1n) is 13.3. The van der Waals surface area contributed by atoms with Crippen LogP contribution in [-0.4, -0.2) is 80.4 Å². The highest BCUT2D eigenvalue weighted by Gasteiger charge is 2.48. The van der Waals surface area contributed by atoms with Gasteiger partial charge in [-0.15, -0.1) is 11.6 Å². The number of benzene rings is 2. The average Bonchev–Trinajstić information content (AvgIpc) is 3.54. The largest absolute Gasteiger partial charge is 0.494 e. The van der Waals surface area contributed by atoms with Crippen molar-refractivity contribution in [2.45, 2.75) is 32.2 Å². The molecule has 2 aromatic carbocycles. The number of sulfonamides is 1. The summed E-state index contributed by atoms with van der Waals surface area (Å²) in [6.07, 6.45) is 0.337. The molecule has 40 heavy (non-hydrogen) atoms. The lowest BCUT2D eigenvalue weighted by molar-refractivity contribution is -0.143. The third-order valence-electron chi connectivity index (χ3n) is 7.36. The molecule has 2 aliphatic rings. The van der Waals surface area contributed by atoms with Gasteiger partial charge in [0.15, 0.2) is 23.1 Å². The van der Waals surface area contributed by atoms with E-state index in [1.54, 1.807) is 18.2 Å². The molecule has 0 spiro atoms. The van der Waals surface area contributed by atoms with E-state index in [0.29, 0.717) is 36.6 Å². The minimum absolute atomic E-state index is 0.0565. The van der Waals surface area contributed by atoms with Crippen LogP contribution < -0.4 is 14.2 Å². The first-order chi connectivity index (χ1) is 19.1. The maximum atomic E-state index is 14.8. The molecule has 1 fully saturated rings. The highest BCUT2D eigenvalue weighted by Crippen LogP contribution is 2.48. The summed E-state index contributed by atoms with van der Waals surface area (Å²) in [6.45, 7) is 5.06. The zero-order valence-corrected chi connectivity index (χ0v) is 24.5. The van der Waals surface area contributed by atoms with Gasteiger partial charge in [0.25, 0.3) is 0 Å². The molecule has 2 heterocycles. The lowest BCUT2D eigenvalue weighted by Gasteiger charge is -2.30. The van der Waals surface area contributed by atoms with Gasteiger partial charge < -0.3 is 19.3 Å². The number of hydrogen-bond acceptors (Lipinski definition) is 7. The van der Waals surface area contributed by atoms with Gasteiger partial charge in [-0.1, -0.05) is 26.0 Å². The predicted octanol–water partition coefficient (Wildman–Crippen LogP) is 4.32. The molecule has 12 heteroatoms. The van der Waals surface area contributed by atoms with E-state index in [-0.39, 0.29) is 43.2 Å².